The summed E-state index contributed by atoms with van der Waals surface area (Å²) in [6, 6.07) is 6.12. The summed E-state index contributed by atoms with van der Waals surface area (Å²) in [6.07, 6.45) is 8.18. The van der Waals surface area contributed by atoms with E-state index in [9.17, 15) is 0 Å². The lowest BCUT2D eigenvalue weighted by atomic mass is 10.1. The summed E-state index contributed by atoms with van der Waals surface area (Å²) in [7, 11) is 2.03. The summed E-state index contributed by atoms with van der Waals surface area (Å²) in [5.74, 6) is 0. The Morgan fingerprint density at radius 1 is 1.00 bits per heavy atom. The van der Waals surface area contributed by atoms with E-state index in [4.69, 9.17) is 0 Å². The molecule has 0 aliphatic carbocycles. The van der Waals surface area contributed by atoms with Gasteiger partial charge in [0.15, 0.2) is 5.65 Å². The lowest BCUT2D eigenvalue weighted by Crippen LogP contribution is -1.92. The van der Waals surface area contributed by atoms with Crippen LogP contribution in [0.5, 0.6) is 0 Å². The van der Waals surface area contributed by atoms with Gasteiger partial charge in [-0.05, 0) is 24.1 Å². The number of hydrogen-bond acceptors (Lipinski definition) is 4. The molecule has 0 aliphatic rings. The minimum atomic E-state index is 0.801. The molecule has 0 bridgehead atoms. The maximum Gasteiger partial charge on any atom is 0.161 e. The number of nitrogens with zero attached hydrogens (tertiary/aromatic N) is 5. The Kier molecular flexibility index (Phi) is 2.88. The molecule has 0 amide bonds. The second-order valence-electron chi connectivity index (χ2n) is 6.16. The van der Waals surface area contributed by atoms with E-state index in [-0.39, 0.29) is 0 Å². The molecule has 0 fully saturated rings. The van der Waals surface area contributed by atoms with Crippen molar-refractivity contribution in [2.75, 3.05) is 0 Å². The number of fused-ring (bicyclic) bond motifs is 4. The van der Waals surface area contributed by atoms with Crippen LogP contribution in [-0.2, 0) is 13.5 Å². The molecule has 0 aliphatic heterocycles. The van der Waals surface area contributed by atoms with Crippen molar-refractivity contribution in [3.63, 3.8) is 0 Å². The Labute approximate surface area is 143 Å². The van der Waals surface area contributed by atoms with E-state index in [1.807, 2.05) is 25.5 Å². The van der Waals surface area contributed by atoms with E-state index in [0.29, 0.717) is 0 Å². The number of H-pyrrole nitrogens is 1. The van der Waals surface area contributed by atoms with Crippen LogP contribution in [0.15, 0.2) is 43.0 Å². The normalized spacial score (nSPS) is 11.8. The van der Waals surface area contributed by atoms with E-state index >= 15 is 0 Å². The van der Waals surface area contributed by atoms with Crippen LogP contribution in [0, 0.1) is 0 Å². The van der Waals surface area contributed by atoms with Crippen LogP contribution in [0.2, 0.25) is 0 Å². The Morgan fingerprint density at radius 3 is 2.64 bits per heavy atom. The first kappa shape index (κ1) is 14.1. The molecule has 4 aromatic heterocycles. The first-order chi connectivity index (χ1) is 12.3. The number of rotatable bonds is 2. The lowest BCUT2D eigenvalue weighted by molar-refractivity contribution is 0.802. The second-order valence-corrected chi connectivity index (χ2v) is 6.16. The van der Waals surface area contributed by atoms with Crippen LogP contribution < -0.4 is 0 Å². The summed E-state index contributed by atoms with van der Waals surface area (Å²) < 4.78 is 2.05. The van der Waals surface area contributed by atoms with E-state index < -0.39 is 0 Å². The van der Waals surface area contributed by atoms with Crippen LogP contribution in [0.25, 0.3) is 44.2 Å². The molecule has 5 rings (SSSR count). The van der Waals surface area contributed by atoms with Gasteiger partial charge >= 0.3 is 0 Å². The molecular weight excluding hydrogens is 312 g/mol. The van der Waals surface area contributed by atoms with Gasteiger partial charge in [-0.3, -0.25) is 19.7 Å². The third kappa shape index (κ3) is 1.97. The quantitative estimate of drug-likeness (QED) is 0.537. The third-order valence-electron chi connectivity index (χ3n) is 4.72. The van der Waals surface area contributed by atoms with E-state index in [1.165, 1.54) is 5.56 Å². The van der Waals surface area contributed by atoms with Gasteiger partial charge in [0, 0.05) is 48.2 Å². The van der Waals surface area contributed by atoms with Gasteiger partial charge < -0.3 is 0 Å². The molecule has 1 N–H and O–H groups in total. The molecular formula is C19H16N6. The number of pyridine rings is 1. The molecule has 4 heterocycles. The summed E-state index contributed by atoms with van der Waals surface area (Å²) in [4.78, 5) is 17.8. The molecule has 0 atom stereocenters. The van der Waals surface area contributed by atoms with Gasteiger partial charge in [0.25, 0.3) is 0 Å². The molecule has 0 radical (unpaired) electrons. The summed E-state index contributed by atoms with van der Waals surface area (Å²) in [5.41, 5.74) is 7.02. The minimum absolute atomic E-state index is 0.801. The third-order valence-corrected chi connectivity index (χ3v) is 4.72. The SMILES string of the molecule is CCc1cnc2ncc3c(-c4ccc5nccnc5c4)[nH]n(C)c3c12. The zero-order valence-electron chi connectivity index (χ0n) is 14.0. The topological polar surface area (TPSA) is 72.3 Å². The number of benzene rings is 1. The Morgan fingerprint density at radius 2 is 1.80 bits per heavy atom. The van der Waals surface area contributed by atoms with Crippen molar-refractivity contribution in [2.24, 2.45) is 7.05 Å². The fourth-order valence-corrected chi connectivity index (χ4v) is 3.51. The minimum Gasteiger partial charge on any atom is -0.297 e. The van der Waals surface area contributed by atoms with Gasteiger partial charge in [0.05, 0.1) is 22.2 Å². The van der Waals surface area contributed by atoms with Crippen LogP contribution in [0.4, 0.5) is 0 Å². The monoisotopic (exact) mass is 328 g/mol. The lowest BCUT2D eigenvalue weighted by Gasteiger charge is -2.01. The fraction of sp³-hybridized carbons (Fsp3) is 0.158. The maximum absolute atomic E-state index is 4.57. The van der Waals surface area contributed by atoms with E-state index in [1.54, 1.807) is 12.4 Å². The van der Waals surface area contributed by atoms with Crippen molar-refractivity contribution in [1.29, 1.82) is 0 Å². The molecule has 1 aromatic carbocycles. The van der Waals surface area contributed by atoms with Gasteiger partial charge in [-0.15, -0.1) is 0 Å². The van der Waals surface area contributed by atoms with Crippen molar-refractivity contribution in [2.45, 2.75) is 13.3 Å². The maximum atomic E-state index is 4.57. The Bertz CT molecular complexity index is 1250. The number of aryl methyl sites for hydroxylation is 2. The average molecular weight is 328 g/mol. The molecule has 25 heavy (non-hydrogen) atoms. The highest BCUT2D eigenvalue weighted by Crippen LogP contribution is 2.33. The van der Waals surface area contributed by atoms with Crippen molar-refractivity contribution in [3.8, 4) is 11.3 Å². The summed E-state index contributed by atoms with van der Waals surface area (Å²) >= 11 is 0. The average Bonchev–Trinajstić information content (AvgIpc) is 3.22. The number of hydrogen-bond donors (Lipinski definition) is 1. The molecule has 0 unspecified atom stereocenters. The molecule has 5 aromatic rings. The standard InChI is InChI=1S/C19H16N6/c1-3-11-9-22-19-16(11)18-13(10-23-19)17(24-25(18)2)12-4-5-14-15(8-12)21-7-6-20-14/h4-10,24H,3H2,1-2H3. The smallest absolute Gasteiger partial charge is 0.161 e. The first-order valence-electron chi connectivity index (χ1n) is 8.28. The van der Waals surface area contributed by atoms with Crippen LogP contribution in [0.1, 0.15) is 12.5 Å². The number of aromatic nitrogens is 6. The highest BCUT2D eigenvalue weighted by atomic mass is 15.3. The molecule has 0 saturated heterocycles. The van der Waals surface area contributed by atoms with Crippen molar-refractivity contribution >= 4 is 33.0 Å². The van der Waals surface area contributed by atoms with Crippen LogP contribution >= 0.6 is 0 Å². The highest BCUT2D eigenvalue weighted by Gasteiger charge is 2.16. The highest BCUT2D eigenvalue weighted by molar-refractivity contribution is 6.09. The van der Waals surface area contributed by atoms with Gasteiger partial charge in [-0.2, -0.15) is 0 Å². The second kappa shape index (κ2) is 5.11. The largest absolute Gasteiger partial charge is 0.297 e. The molecule has 0 spiro atoms. The van der Waals surface area contributed by atoms with Crippen molar-refractivity contribution < 1.29 is 0 Å². The van der Waals surface area contributed by atoms with Crippen molar-refractivity contribution in [3.05, 3.63) is 48.5 Å². The Hall–Kier alpha value is -3.28. The number of nitrogens with one attached hydrogen (secondary N) is 1. The molecule has 6 nitrogen and oxygen atoms in total. The number of aromatic amines is 1. The molecule has 122 valence electrons. The summed E-state index contributed by atoms with van der Waals surface area (Å²) in [6.45, 7) is 2.14. The Balaban J connectivity index is 1.84. The predicted molar refractivity (Wildman–Crippen MR) is 98.3 cm³/mol. The first-order valence-corrected chi connectivity index (χ1v) is 8.28. The zero-order valence-corrected chi connectivity index (χ0v) is 14.0. The zero-order chi connectivity index (χ0) is 17.0. The van der Waals surface area contributed by atoms with Crippen LogP contribution in [-0.4, -0.2) is 29.7 Å². The summed E-state index contributed by atoms with van der Waals surface area (Å²) in [5, 5.41) is 5.68. The van der Waals surface area contributed by atoms with Crippen LogP contribution in [0.3, 0.4) is 0 Å². The van der Waals surface area contributed by atoms with Gasteiger partial charge in [0.1, 0.15) is 0 Å². The van der Waals surface area contributed by atoms with Crippen molar-refractivity contribution in [1.82, 2.24) is 29.7 Å². The van der Waals surface area contributed by atoms with Gasteiger partial charge in [-0.25, -0.2) is 9.97 Å². The van der Waals surface area contributed by atoms with E-state index in [0.717, 1.165) is 50.6 Å². The fourth-order valence-electron chi connectivity index (χ4n) is 3.51. The van der Waals surface area contributed by atoms with Gasteiger partial charge in [-0.1, -0.05) is 13.0 Å². The van der Waals surface area contributed by atoms with Gasteiger partial charge in [0.2, 0.25) is 0 Å². The molecule has 0 saturated carbocycles. The van der Waals surface area contributed by atoms with E-state index in [2.05, 4.69) is 48.8 Å². The predicted octanol–water partition coefficient (Wildman–Crippen LogP) is 3.62. The molecule has 6 heteroatoms.